The molecular weight excluding hydrogens is 336 g/mol. The summed E-state index contributed by atoms with van der Waals surface area (Å²) in [7, 11) is 0. The van der Waals surface area contributed by atoms with Crippen molar-refractivity contribution < 1.29 is 9.15 Å². The molecule has 1 atom stereocenters. The third kappa shape index (κ3) is 5.69. The Morgan fingerprint density at radius 2 is 1.81 bits per heavy atom. The van der Waals surface area contributed by atoms with E-state index in [4.69, 9.17) is 9.15 Å². The van der Waals surface area contributed by atoms with Crippen molar-refractivity contribution in [3.63, 3.8) is 0 Å². The molecule has 0 aliphatic heterocycles. The van der Waals surface area contributed by atoms with Crippen molar-refractivity contribution in [1.82, 2.24) is 10.3 Å². The highest BCUT2D eigenvalue weighted by molar-refractivity contribution is 5.63. The molecule has 4 nitrogen and oxygen atoms in total. The number of oxazole rings is 1. The number of ether oxygens (including phenoxy) is 1. The molecule has 1 unspecified atom stereocenters. The molecule has 3 rings (SSSR count). The zero-order valence-corrected chi connectivity index (χ0v) is 16.2. The molecule has 2 aromatic carbocycles. The fourth-order valence-corrected chi connectivity index (χ4v) is 2.94. The fourth-order valence-electron chi connectivity index (χ4n) is 2.94. The monoisotopic (exact) mass is 364 g/mol. The number of para-hydroxylation sites is 2. The molecule has 1 N–H and O–H groups in total. The number of rotatable bonds is 10. The maximum atomic E-state index is 6.01. The zero-order valence-electron chi connectivity index (χ0n) is 16.2. The Balaban J connectivity index is 1.64. The third-order valence-electron chi connectivity index (χ3n) is 4.51. The van der Waals surface area contributed by atoms with Crippen LogP contribution in [0.4, 0.5) is 0 Å². The van der Waals surface area contributed by atoms with Crippen LogP contribution in [-0.2, 0) is 6.54 Å². The van der Waals surface area contributed by atoms with E-state index in [1.54, 1.807) is 6.26 Å². The molecule has 0 saturated carbocycles. The molecule has 4 heteroatoms. The predicted molar refractivity (Wildman–Crippen MR) is 109 cm³/mol. The average Bonchev–Trinajstić information content (AvgIpc) is 3.17. The first-order chi connectivity index (χ1) is 13.3. The fraction of sp³-hybridized carbons (Fsp3) is 0.348. The largest absolute Gasteiger partial charge is 0.457 e. The lowest BCUT2D eigenvalue weighted by Crippen LogP contribution is -2.25. The van der Waals surface area contributed by atoms with Crippen molar-refractivity contribution in [2.45, 2.75) is 52.1 Å². The van der Waals surface area contributed by atoms with E-state index in [0.29, 0.717) is 18.5 Å². The second kappa shape index (κ2) is 9.93. The van der Waals surface area contributed by atoms with Crippen molar-refractivity contribution in [3.8, 4) is 23.0 Å². The van der Waals surface area contributed by atoms with Gasteiger partial charge in [0.05, 0.1) is 11.3 Å². The molecule has 0 saturated heterocycles. The summed E-state index contributed by atoms with van der Waals surface area (Å²) >= 11 is 0. The van der Waals surface area contributed by atoms with E-state index in [2.05, 4.69) is 24.1 Å². The van der Waals surface area contributed by atoms with Crippen LogP contribution in [0.25, 0.3) is 11.5 Å². The first-order valence-corrected chi connectivity index (χ1v) is 9.76. The SMILES string of the molecule is CCCCCC(C)NCc1coc(-c2ccccc2Oc2ccccc2)n1. The van der Waals surface area contributed by atoms with Gasteiger partial charge < -0.3 is 14.5 Å². The summed E-state index contributed by atoms with van der Waals surface area (Å²) in [5.74, 6) is 2.11. The average molecular weight is 364 g/mol. The van der Waals surface area contributed by atoms with Gasteiger partial charge in [-0.15, -0.1) is 0 Å². The van der Waals surface area contributed by atoms with E-state index in [9.17, 15) is 0 Å². The Bertz CT molecular complexity index is 814. The van der Waals surface area contributed by atoms with Crippen LogP contribution >= 0.6 is 0 Å². The smallest absolute Gasteiger partial charge is 0.229 e. The van der Waals surface area contributed by atoms with Gasteiger partial charge in [0.2, 0.25) is 5.89 Å². The second-order valence-electron chi connectivity index (χ2n) is 6.83. The molecular formula is C23H28N2O2. The molecule has 0 radical (unpaired) electrons. The van der Waals surface area contributed by atoms with E-state index < -0.39 is 0 Å². The topological polar surface area (TPSA) is 47.3 Å². The van der Waals surface area contributed by atoms with Crippen molar-refractivity contribution in [2.75, 3.05) is 0 Å². The van der Waals surface area contributed by atoms with E-state index >= 15 is 0 Å². The first kappa shape index (κ1) is 19.2. The maximum Gasteiger partial charge on any atom is 0.229 e. The standard InChI is InChI=1S/C23H28N2O2/c1-3-4-6-11-18(2)24-16-19-17-26-23(25-19)21-14-9-10-15-22(21)27-20-12-7-5-8-13-20/h5,7-10,12-15,17-18,24H,3-4,6,11,16H2,1-2H3. The van der Waals surface area contributed by atoms with Gasteiger partial charge in [-0.25, -0.2) is 4.98 Å². The highest BCUT2D eigenvalue weighted by atomic mass is 16.5. The number of hydrogen-bond acceptors (Lipinski definition) is 4. The number of hydrogen-bond donors (Lipinski definition) is 1. The van der Waals surface area contributed by atoms with Crippen LogP contribution in [0.15, 0.2) is 65.3 Å². The van der Waals surface area contributed by atoms with E-state index in [1.165, 1.54) is 25.7 Å². The van der Waals surface area contributed by atoms with E-state index in [1.807, 2.05) is 54.6 Å². The van der Waals surface area contributed by atoms with E-state index in [0.717, 1.165) is 22.8 Å². The lowest BCUT2D eigenvalue weighted by molar-refractivity contribution is 0.479. The van der Waals surface area contributed by atoms with Gasteiger partial charge in [-0.2, -0.15) is 0 Å². The summed E-state index contributed by atoms with van der Waals surface area (Å²) in [6, 6.07) is 18.0. The molecule has 3 aromatic rings. The number of aromatic nitrogens is 1. The Morgan fingerprint density at radius 3 is 2.63 bits per heavy atom. The maximum absolute atomic E-state index is 6.01. The Hall–Kier alpha value is -2.59. The van der Waals surface area contributed by atoms with Gasteiger partial charge >= 0.3 is 0 Å². The lowest BCUT2D eigenvalue weighted by atomic mass is 10.1. The lowest BCUT2D eigenvalue weighted by Gasteiger charge is -2.12. The van der Waals surface area contributed by atoms with Crippen molar-refractivity contribution in [3.05, 3.63) is 66.6 Å². The number of unbranched alkanes of at least 4 members (excludes halogenated alkanes) is 2. The Morgan fingerprint density at radius 1 is 1.04 bits per heavy atom. The molecule has 0 fully saturated rings. The Labute approximate surface area is 161 Å². The van der Waals surface area contributed by atoms with Crippen molar-refractivity contribution in [2.24, 2.45) is 0 Å². The van der Waals surface area contributed by atoms with Crippen molar-refractivity contribution >= 4 is 0 Å². The number of nitrogens with zero attached hydrogens (tertiary/aromatic N) is 1. The number of benzene rings is 2. The van der Waals surface area contributed by atoms with Gasteiger partial charge in [-0.3, -0.25) is 0 Å². The summed E-state index contributed by atoms with van der Waals surface area (Å²) < 4.78 is 11.7. The van der Waals surface area contributed by atoms with Crippen LogP contribution in [0, 0.1) is 0 Å². The molecule has 0 amide bonds. The molecule has 0 aliphatic carbocycles. The molecule has 0 aliphatic rings. The van der Waals surface area contributed by atoms with Crippen molar-refractivity contribution in [1.29, 1.82) is 0 Å². The molecule has 0 spiro atoms. The van der Waals surface area contributed by atoms with Gasteiger partial charge in [0.15, 0.2) is 0 Å². The van der Waals surface area contributed by atoms with Gasteiger partial charge in [0, 0.05) is 12.6 Å². The van der Waals surface area contributed by atoms with Crippen LogP contribution in [0.5, 0.6) is 11.5 Å². The van der Waals surface area contributed by atoms with Gasteiger partial charge in [-0.1, -0.05) is 56.5 Å². The first-order valence-electron chi connectivity index (χ1n) is 9.76. The van der Waals surface area contributed by atoms with Crippen LogP contribution in [0.3, 0.4) is 0 Å². The second-order valence-corrected chi connectivity index (χ2v) is 6.83. The quantitative estimate of drug-likeness (QED) is 0.436. The van der Waals surface area contributed by atoms with Gasteiger partial charge in [0.1, 0.15) is 17.8 Å². The summed E-state index contributed by atoms with van der Waals surface area (Å²) in [5, 5.41) is 3.52. The Kier molecular flexibility index (Phi) is 7.05. The van der Waals surface area contributed by atoms with Crippen LogP contribution < -0.4 is 10.1 Å². The summed E-state index contributed by atoms with van der Waals surface area (Å²) in [5.41, 5.74) is 1.76. The summed E-state index contributed by atoms with van der Waals surface area (Å²) in [6.07, 6.45) is 6.72. The molecule has 1 heterocycles. The normalized spacial score (nSPS) is 12.1. The predicted octanol–water partition coefficient (Wildman–Crippen LogP) is 6.19. The van der Waals surface area contributed by atoms with Gasteiger partial charge in [-0.05, 0) is 37.6 Å². The minimum Gasteiger partial charge on any atom is -0.457 e. The molecule has 142 valence electrons. The van der Waals surface area contributed by atoms with E-state index in [-0.39, 0.29) is 0 Å². The van der Waals surface area contributed by atoms with Crippen LogP contribution in [0.2, 0.25) is 0 Å². The summed E-state index contributed by atoms with van der Waals surface area (Å²) in [4.78, 5) is 4.64. The highest BCUT2D eigenvalue weighted by Crippen LogP contribution is 2.32. The minimum atomic E-state index is 0.477. The number of nitrogens with one attached hydrogen (secondary N) is 1. The minimum absolute atomic E-state index is 0.477. The molecule has 0 bridgehead atoms. The molecule has 27 heavy (non-hydrogen) atoms. The highest BCUT2D eigenvalue weighted by Gasteiger charge is 2.13. The molecule has 1 aromatic heterocycles. The van der Waals surface area contributed by atoms with Crippen LogP contribution in [-0.4, -0.2) is 11.0 Å². The third-order valence-corrected chi connectivity index (χ3v) is 4.51. The van der Waals surface area contributed by atoms with Crippen LogP contribution in [0.1, 0.15) is 45.2 Å². The zero-order chi connectivity index (χ0) is 18.9. The summed E-state index contributed by atoms with van der Waals surface area (Å²) in [6.45, 7) is 5.16. The van der Waals surface area contributed by atoms with Gasteiger partial charge in [0.25, 0.3) is 0 Å².